The number of carbonyl (C=O) groups excluding carboxylic acids is 1. The Balaban J connectivity index is 1.94. The molecule has 0 saturated carbocycles. The van der Waals surface area contributed by atoms with Gasteiger partial charge in [0.05, 0.1) is 6.26 Å². The van der Waals surface area contributed by atoms with Gasteiger partial charge in [0.2, 0.25) is 0 Å². The molecule has 1 aliphatic rings. The Labute approximate surface area is 106 Å². The highest BCUT2D eigenvalue weighted by atomic mass is 16.3. The van der Waals surface area contributed by atoms with E-state index in [-0.39, 0.29) is 12.4 Å². The number of hydrazine groups is 1. The van der Waals surface area contributed by atoms with Gasteiger partial charge in [0.15, 0.2) is 5.76 Å². The Bertz CT molecular complexity index is 397. The van der Waals surface area contributed by atoms with E-state index in [1.807, 2.05) is 0 Å². The van der Waals surface area contributed by atoms with E-state index in [4.69, 9.17) is 15.4 Å². The van der Waals surface area contributed by atoms with Crippen LogP contribution in [0.3, 0.4) is 0 Å². The lowest BCUT2D eigenvalue weighted by molar-refractivity contribution is 0.0920. The second kappa shape index (κ2) is 5.99. The first-order valence-corrected chi connectivity index (χ1v) is 6.15. The number of aliphatic hydroxyl groups is 1. The standard InChI is InChI=1S/C12H19N3O3/c13-14-12(17)11-10(3-6-18-11)7-15-4-1-9(8-16)2-5-15/h3,6,9,16H,1-2,4-5,7-8,13H2,(H,14,17). The van der Waals surface area contributed by atoms with Crippen molar-refractivity contribution < 1.29 is 14.3 Å². The minimum Gasteiger partial charge on any atom is -0.459 e. The number of rotatable bonds is 4. The van der Waals surface area contributed by atoms with Gasteiger partial charge in [-0.05, 0) is 37.9 Å². The highest BCUT2D eigenvalue weighted by molar-refractivity contribution is 5.92. The van der Waals surface area contributed by atoms with Crippen molar-refractivity contribution in [3.8, 4) is 0 Å². The Kier molecular flexibility index (Phi) is 4.35. The summed E-state index contributed by atoms with van der Waals surface area (Å²) in [6.07, 6.45) is 3.49. The van der Waals surface area contributed by atoms with E-state index in [9.17, 15) is 4.79 Å². The van der Waals surface area contributed by atoms with Gasteiger partial charge in [0.1, 0.15) is 0 Å². The van der Waals surface area contributed by atoms with E-state index in [1.165, 1.54) is 6.26 Å². The molecule has 1 saturated heterocycles. The maximum Gasteiger partial charge on any atom is 0.301 e. The molecule has 6 heteroatoms. The van der Waals surface area contributed by atoms with Crippen LogP contribution in [0.4, 0.5) is 0 Å². The maximum atomic E-state index is 11.5. The molecule has 0 bridgehead atoms. The third-order valence-electron chi connectivity index (χ3n) is 3.44. The van der Waals surface area contributed by atoms with Crippen molar-refractivity contribution in [3.63, 3.8) is 0 Å². The number of nitrogens with zero attached hydrogens (tertiary/aromatic N) is 1. The van der Waals surface area contributed by atoms with Gasteiger partial charge in [-0.3, -0.25) is 15.1 Å². The molecule has 6 nitrogen and oxygen atoms in total. The molecule has 100 valence electrons. The van der Waals surface area contributed by atoms with Gasteiger partial charge in [-0.25, -0.2) is 5.84 Å². The van der Waals surface area contributed by atoms with Gasteiger partial charge in [-0.1, -0.05) is 0 Å². The van der Waals surface area contributed by atoms with E-state index < -0.39 is 5.91 Å². The van der Waals surface area contributed by atoms with Gasteiger partial charge < -0.3 is 9.52 Å². The number of carbonyl (C=O) groups is 1. The Hall–Kier alpha value is -1.37. The first kappa shape index (κ1) is 13.1. The predicted molar refractivity (Wildman–Crippen MR) is 65.4 cm³/mol. The van der Waals surface area contributed by atoms with E-state index >= 15 is 0 Å². The van der Waals surface area contributed by atoms with E-state index in [0.29, 0.717) is 12.5 Å². The zero-order chi connectivity index (χ0) is 13.0. The molecule has 0 aromatic carbocycles. The molecule has 1 aromatic rings. The number of amides is 1. The maximum absolute atomic E-state index is 11.5. The number of furan rings is 1. The van der Waals surface area contributed by atoms with Gasteiger partial charge in [-0.15, -0.1) is 0 Å². The molecule has 1 aliphatic heterocycles. The number of nitrogens with one attached hydrogen (secondary N) is 1. The highest BCUT2D eigenvalue weighted by Crippen LogP contribution is 2.20. The Morgan fingerprint density at radius 3 is 2.89 bits per heavy atom. The molecule has 18 heavy (non-hydrogen) atoms. The van der Waals surface area contributed by atoms with Crippen LogP contribution in [0, 0.1) is 5.92 Å². The number of hydrogen-bond acceptors (Lipinski definition) is 5. The molecule has 0 aliphatic carbocycles. The van der Waals surface area contributed by atoms with Crippen molar-refractivity contribution >= 4 is 5.91 Å². The van der Waals surface area contributed by atoms with Crippen LogP contribution < -0.4 is 11.3 Å². The van der Waals surface area contributed by atoms with Crippen molar-refractivity contribution in [2.24, 2.45) is 11.8 Å². The topological polar surface area (TPSA) is 91.7 Å². The molecule has 2 heterocycles. The molecule has 1 aromatic heterocycles. The third kappa shape index (κ3) is 2.90. The second-order valence-electron chi connectivity index (χ2n) is 4.65. The fraction of sp³-hybridized carbons (Fsp3) is 0.583. The Morgan fingerprint density at radius 2 is 2.28 bits per heavy atom. The normalized spacial score (nSPS) is 17.9. The summed E-state index contributed by atoms with van der Waals surface area (Å²) in [5, 5.41) is 9.08. The molecular weight excluding hydrogens is 234 g/mol. The fourth-order valence-electron chi connectivity index (χ4n) is 2.29. The lowest BCUT2D eigenvalue weighted by Crippen LogP contribution is -2.35. The molecule has 2 rings (SSSR count). The zero-order valence-corrected chi connectivity index (χ0v) is 10.3. The summed E-state index contributed by atoms with van der Waals surface area (Å²) in [5.74, 6) is 5.39. The minimum absolute atomic E-state index is 0.264. The summed E-state index contributed by atoms with van der Waals surface area (Å²) in [7, 11) is 0. The molecule has 1 amide bonds. The number of nitrogen functional groups attached to an aromatic ring is 1. The van der Waals surface area contributed by atoms with E-state index in [2.05, 4.69) is 10.3 Å². The molecule has 0 radical (unpaired) electrons. The zero-order valence-electron chi connectivity index (χ0n) is 10.3. The molecule has 0 atom stereocenters. The number of nitrogens with two attached hydrogens (primary N) is 1. The molecular formula is C12H19N3O3. The van der Waals surface area contributed by atoms with Crippen LogP contribution in [-0.2, 0) is 6.54 Å². The van der Waals surface area contributed by atoms with Crippen LogP contribution in [0.1, 0.15) is 29.0 Å². The van der Waals surface area contributed by atoms with Crippen molar-refractivity contribution in [3.05, 3.63) is 23.7 Å². The average Bonchev–Trinajstić information content (AvgIpc) is 2.87. The van der Waals surface area contributed by atoms with Crippen LogP contribution in [-0.4, -0.2) is 35.6 Å². The SMILES string of the molecule is NNC(=O)c1occc1CN1CCC(CO)CC1. The lowest BCUT2D eigenvalue weighted by atomic mass is 9.97. The number of likely N-dealkylation sites (tertiary alicyclic amines) is 1. The molecule has 4 N–H and O–H groups in total. The molecule has 1 fully saturated rings. The first-order valence-electron chi connectivity index (χ1n) is 6.15. The fourth-order valence-corrected chi connectivity index (χ4v) is 2.29. The molecule has 0 unspecified atom stereocenters. The monoisotopic (exact) mass is 253 g/mol. The van der Waals surface area contributed by atoms with Gasteiger partial charge >= 0.3 is 5.91 Å². The van der Waals surface area contributed by atoms with Crippen LogP contribution in [0.5, 0.6) is 0 Å². The summed E-state index contributed by atoms with van der Waals surface area (Å²) >= 11 is 0. The van der Waals surface area contributed by atoms with Crippen LogP contribution in [0.15, 0.2) is 16.7 Å². The summed E-state index contributed by atoms with van der Waals surface area (Å²) in [4.78, 5) is 13.7. The van der Waals surface area contributed by atoms with Gasteiger partial charge in [0, 0.05) is 18.7 Å². The van der Waals surface area contributed by atoms with Crippen molar-refractivity contribution in [1.82, 2.24) is 10.3 Å². The van der Waals surface area contributed by atoms with Crippen LogP contribution in [0.25, 0.3) is 0 Å². The predicted octanol–water partition coefficient (Wildman–Crippen LogP) is 0.0874. The van der Waals surface area contributed by atoms with Gasteiger partial charge in [-0.2, -0.15) is 0 Å². The van der Waals surface area contributed by atoms with Crippen LogP contribution in [0.2, 0.25) is 0 Å². The lowest BCUT2D eigenvalue weighted by Gasteiger charge is -2.30. The largest absolute Gasteiger partial charge is 0.459 e. The van der Waals surface area contributed by atoms with E-state index in [1.54, 1.807) is 6.07 Å². The minimum atomic E-state index is -0.403. The van der Waals surface area contributed by atoms with Crippen molar-refractivity contribution in [2.75, 3.05) is 19.7 Å². The van der Waals surface area contributed by atoms with Crippen molar-refractivity contribution in [1.29, 1.82) is 0 Å². The summed E-state index contributed by atoms with van der Waals surface area (Å²) in [5.41, 5.74) is 2.92. The van der Waals surface area contributed by atoms with Crippen LogP contribution >= 0.6 is 0 Å². The second-order valence-corrected chi connectivity index (χ2v) is 4.65. The smallest absolute Gasteiger partial charge is 0.301 e. The Morgan fingerprint density at radius 1 is 1.56 bits per heavy atom. The number of piperidine rings is 1. The highest BCUT2D eigenvalue weighted by Gasteiger charge is 2.21. The summed E-state index contributed by atoms with van der Waals surface area (Å²) < 4.78 is 5.14. The number of aliphatic hydroxyl groups excluding tert-OH is 1. The summed E-state index contributed by atoms with van der Waals surface area (Å²) in [6.45, 7) is 2.80. The average molecular weight is 253 g/mol. The van der Waals surface area contributed by atoms with E-state index in [0.717, 1.165) is 31.5 Å². The third-order valence-corrected chi connectivity index (χ3v) is 3.44. The summed E-state index contributed by atoms with van der Waals surface area (Å²) in [6, 6.07) is 1.79. The molecule has 0 spiro atoms. The van der Waals surface area contributed by atoms with Gasteiger partial charge in [0.25, 0.3) is 0 Å². The number of hydrogen-bond donors (Lipinski definition) is 3. The quantitative estimate of drug-likeness (QED) is 0.402. The van der Waals surface area contributed by atoms with Crippen molar-refractivity contribution in [2.45, 2.75) is 19.4 Å². The first-order chi connectivity index (χ1) is 8.74.